The zero-order valence-corrected chi connectivity index (χ0v) is 16.0. The monoisotopic (exact) mass is 397 g/mol. The lowest BCUT2D eigenvalue weighted by molar-refractivity contribution is -0.116. The fourth-order valence-corrected chi connectivity index (χ4v) is 3.15. The molecule has 0 spiro atoms. The first-order chi connectivity index (χ1) is 13.5. The number of ether oxygens (including phenoxy) is 1. The van der Waals surface area contributed by atoms with Gasteiger partial charge in [0.25, 0.3) is 0 Å². The van der Waals surface area contributed by atoms with Gasteiger partial charge in [0.2, 0.25) is 5.91 Å². The smallest absolute Gasteiger partial charge is 0.335 e. The maximum Gasteiger partial charge on any atom is 0.335 e. The molecule has 0 bridgehead atoms. The summed E-state index contributed by atoms with van der Waals surface area (Å²) in [6, 6.07) is 11.8. The van der Waals surface area contributed by atoms with Crippen molar-refractivity contribution in [1.29, 1.82) is 0 Å². The highest BCUT2D eigenvalue weighted by Crippen LogP contribution is 2.27. The Morgan fingerprint density at radius 2 is 2.04 bits per heavy atom. The van der Waals surface area contributed by atoms with Crippen LogP contribution < -0.4 is 10.1 Å². The Bertz CT molecular complexity index is 945. The summed E-state index contributed by atoms with van der Waals surface area (Å²) >= 11 is 6.18. The maximum atomic E-state index is 12.3. The number of hydrogen-bond donors (Lipinski definition) is 2. The number of nitrogens with one attached hydrogen (secondary N) is 1. The predicted molar refractivity (Wildman–Crippen MR) is 108 cm³/mol. The van der Waals surface area contributed by atoms with Crippen molar-refractivity contribution in [3.05, 3.63) is 58.6 Å². The van der Waals surface area contributed by atoms with Gasteiger partial charge in [0.05, 0.1) is 22.4 Å². The number of anilines is 1. The molecule has 1 atom stereocenters. The van der Waals surface area contributed by atoms with Gasteiger partial charge in [0.1, 0.15) is 5.75 Å². The summed E-state index contributed by atoms with van der Waals surface area (Å²) in [7, 11) is 0. The number of para-hydroxylation sites is 1. The highest BCUT2D eigenvalue weighted by atomic mass is 35.5. The van der Waals surface area contributed by atoms with Crippen LogP contribution >= 0.6 is 11.6 Å². The summed E-state index contributed by atoms with van der Waals surface area (Å²) in [6.45, 7) is 0. The Hall–Kier alpha value is -2.97. The van der Waals surface area contributed by atoms with Crippen molar-refractivity contribution >= 4 is 29.2 Å². The van der Waals surface area contributed by atoms with Crippen LogP contribution in [0.4, 0.5) is 5.69 Å². The molecule has 3 rings (SSSR count). The molecule has 1 aliphatic heterocycles. The molecule has 1 unspecified atom stereocenters. The number of benzene rings is 2. The minimum absolute atomic E-state index is 0.105. The third kappa shape index (κ3) is 5.28. The summed E-state index contributed by atoms with van der Waals surface area (Å²) < 4.78 is 6.04. The number of fused-ring (bicyclic) bond motifs is 1. The van der Waals surface area contributed by atoms with Crippen LogP contribution in [0.1, 0.15) is 48.0 Å². The van der Waals surface area contributed by atoms with E-state index in [-0.39, 0.29) is 17.6 Å². The van der Waals surface area contributed by atoms with Crippen LogP contribution in [0.15, 0.2) is 42.5 Å². The maximum absolute atomic E-state index is 12.3. The Balaban J connectivity index is 1.80. The average molecular weight is 398 g/mol. The fraction of sp³-hybridized carbons (Fsp3) is 0.273. The molecule has 1 heterocycles. The van der Waals surface area contributed by atoms with Crippen molar-refractivity contribution in [2.24, 2.45) is 0 Å². The summed E-state index contributed by atoms with van der Waals surface area (Å²) in [6.07, 6.45) is 2.89. The van der Waals surface area contributed by atoms with Crippen molar-refractivity contribution < 1.29 is 19.4 Å². The number of carbonyl (C=O) groups excluding carboxylic acids is 1. The van der Waals surface area contributed by atoms with Crippen LogP contribution in [-0.4, -0.2) is 23.1 Å². The first kappa shape index (κ1) is 19.8. The number of carboxylic acids is 1. The first-order valence-electron chi connectivity index (χ1n) is 9.10. The lowest BCUT2D eigenvalue weighted by Crippen LogP contribution is -2.19. The van der Waals surface area contributed by atoms with Crippen molar-refractivity contribution in [2.75, 3.05) is 5.32 Å². The number of amides is 1. The molecule has 0 aliphatic carbocycles. The molecule has 144 valence electrons. The lowest BCUT2D eigenvalue weighted by Gasteiger charge is -2.19. The van der Waals surface area contributed by atoms with Gasteiger partial charge in [-0.25, -0.2) is 4.79 Å². The van der Waals surface area contributed by atoms with Crippen molar-refractivity contribution in [3.63, 3.8) is 0 Å². The van der Waals surface area contributed by atoms with E-state index in [2.05, 4.69) is 17.2 Å². The first-order valence-corrected chi connectivity index (χ1v) is 9.48. The second kappa shape index (κ2) is 9.29. The second-order valence-corrected chi connectivity index (χ2v) is 6.92. The Morgan fingerprint density at radius 3 is 2.82 bits per heavy atom. The molecule has 0 saturated heterocycles. The van der Waals surface area contributed by atoms with E-state index in [0.717, 1.165) is 0 Å². The average Bonchev–Trinajstić information content (AvgIpc) is 2.66. The van der Waals surface area contributed by atoms with Crippen LogP contribution in [0.5, 0.6) is 5.75 Å². The van der Waals surface area contributed by atoms with Gasteiger partial charge in [0.15, 0.2) is 0 Å². The number of carbonyl (C=O) groups is 2. The molecule has 2 N–H and O–H groups in total. The molecule has 0 fully saturated rings. The Kier molecular flexibility index (Phi) is 6.57. The highest BCUT2D eigenvalue weighted by Gasteiger charge is 2.15. The van der Waals surface area contributed by atoms with Crippen molar-refractivity contribution in [3.8, 4) is 17.6 Å². The third-order valence-electron chi connectivity index (χ3n) is 4.42. The number of hydrogen-bond acceptors (Lipinski definition) is 3. The zero-order valence-electron chi connectivity index (χ0n) is 15.2. The van der Waals surface area contributed by atoms with Crippen LogP contribution in [-0.2, 0) is 4.79 Å². The molecule has 0 saturated carbocycles. The normalized spacial score (nSPS) is 17.0. The molecule has 1 aliphatic rings. The number of carboxylic acid groups (broad SMARTS) is 1. The number of rotatable bonds is 3. The molecule has 0 aromatic heterocycles. The van der Waals surface area contributed by atoms with Gasteiger partial charge in [-0.15, -0.1) is 0 Å². The van der Waals surface area contributed by atoms with Crippen molar-refractivity contribution in [2.45, 2.75) is 38.2 Å². The second-order valence-electron chi connectivity index (χ2n) is 6.52. The van der Waals surface area contributed by atoms with E-state index in [1.807, 2.05) is 18.2 Å². The predicted octanol–water partition coefficient (Wildman–Crippen LogP) is 4.74. The van der Waals surface area contributed by atoms with E-state index < -0.39 is 5.97 Å². The zero-order chi connectivity index (χ0) is 19.9. The molecule has 2 aromatic rings. The number of aromatic carboxylic acids is 1. The Morgan fingerprint density at radius 1 is 1.21 bits per heavy atom. The van der Waals surface area contributed by atoms with E-state index in [1.165, 1.54) is 12.1 Å². The van der Waals surface area contributed by atoms with Gasteiger partial charge in [-0.2, -0.15) is 0 Å². The van der Waals surface area contributed by atoms with Gasteiger partial charge >= 0.3 is 5.97 Å². The van der Waals surface area contributed by atoms with Crippen LogP contribution in [0.2, 0.25) is 5.02 Å². The summed E-state index contributed by atoms with van der Waals surface area (Å²) in [5, 5.41) is 12.6. The van der Waals surface area contributed by atoms with Crippen LogP contribution in [0.3, 0.4) is 0 Å². The molecule has 1 amide bonds. The van der Waals surface area contributed by atoms with E-state index in [9.17, 15) is 14.7 Å². The van der Waals surface area contributed by atoms with E-state index in [0.29, 0.717) is 54.1 Å². The van der Waals surface area contributed by atoms with Gasteiger partial charge in [0, 0.05) is 18.4 Å². The molecule has 5 nitrogen and oxygen atoms in total. The van der Waals surface area contributed by atoms with E-state index in [4.69, 9.17) is 16.3 Å². The molecular weight excluding hydrogens is 378 g/mol. The van der Waals surface area contributed by atoms with Gasteiger partial charge in [-0.05, 0) is 49.6 Å². The quantitative estimate of drug-likeness (QED) is 0.733. The Labute approximate surface area is 168 Å². The van der Waals surface area contributed by atoms with E-state index in [1.54, 1.807) is 12.1 Å². The number of halogens is 1. The molecule has 6 heteroatoms. The molecule has 2 aromatic carbocycles. The van der Waals surface area contributed by atoms with Crippen LogP contribution in [0.25, 0.3) is 0 Å². The summed E-state index contributed by atoms with van der Waals surface area (Å²) in [5.74, 6) is 5.50. The fourth-order valence-electron chi connectivity index (χ4n) is 2.97. The van der Waals surface area contributed by atoms with Gasteiger partial charge in [-0.1, -0.05) is 35.6 Å². The molecular formula is C22H20ClNO4. The minimum atomic E-state index is -1.03. The minimum Gasteiger partial charge on any atom is -0.489 e. The lowest BCUT2D eigenvalue weighted by atomic mass is 10.0. The summed E-state index contributed by atoms with van der Waals surface area (Å²) in [5.41, 5.74) is 1.17. The van der Waals surface area contributed by atoms with Crippen LogP contribution in [0, 0.1) is 11.8 Å². The molecule has 28 heavy (non-hydrogen) atoms. The van der Waals surface area contributed by atoms with E-state index >= 15 is 0 Å². The highest BCUT2D eigenvalue weighted by molar-refractivity contribution is 6.32. The molecule has 0 radical (unpaired) electrons. The summed E-state index contributed by atoms with van der Waals surface area (Å²) in [4.78, 5) is 23.5. The SMILES string of the molecule is O=C1CCCC(Oc2ccccc2Cl)CCC#Cc2cc(C(=O)O)ccc2N1. The van der Waals surface area contributed by atoms with Gasteiger partial charge < -0.3 is 15.2 Å². The standard InChI is InChI=1S/C22H20ClNO4/c23-18-9-3-4-10-20(18)28-17-7-2-1-6-15-14-16(22(26)27)12-13-19(15)24-21(25)11-5-8-17/h3-4,9-10,12-14,17H,2,5,7-8,11H2,(H,24,25)(H,26,27). The van der Waals surface area contributed by atoms with Crippen molar-refractivity contribution in [1.82, 2.24) is 0 Å². The third-order valence-corrected chi connectivity index (χ3v) is 4.73. The topological polar surface area (TPSA) is 75.6 Å². The largest absolute Gasteiger partial charge is 0.489 e. The van der Waals surface area contributed by atoms with Gasteiger partial charge in [-0.3, -0.25) is 4.79 Å².